The van der Waals surface area contributed by atoms with E-state index in [4.69, 9.17) is 14.2 Å². The first-order valence-electron chi connectivity index (χ1n) is 17.0. The van der Waals surface area contributed by atoms with Crippen LogP contribution < -0.4 is 0 Å². The van der Waals surface area contributed by atoms with Crippen molar-refractivity contribution in [2.75, 3.05) is 59.2 Å². The van der Waals surface area contributed by atoms with Gasteiger partial charge in [0.05, 0.1) is 44.0 Å². The van der Waals surface area contributed by atoms with Gasteiger partial charge in [-0.1, -0.05) is 49.4 Å². The predicted molar refractivity (Wildman–Crippen MR) is 174 cm³/mol. The molecule has 4 fully saturated rings. The predicted octanol–water partition coefficient (Wildman–Crippen LogP) is 2.99. The summed E-state index contributed by atoms with van der Waals surface area (Å²) in [5.74, 6) is -2.68. The summed E-state index contributed by atoms with van der Waals surface area (Å²) in [5, 5.41) is 10.8. The van der Waals surface area contributed by atoms with E-state index in [1.165, 1.54) is 0 Å². The van der Waals surface area contributed by atoms with E-state index < -0.39 is 41.1 Å². The van der Waals surface area contributed by atoms with Crippen LogP contribution in [0.4, 0.5) is 0 Å². The lowest BCUT2D eigenvalue weighted by Crippen LogP contribution is -2.60. The molecule has 4 aliphatic heterocycles. The molecule has 2 bridgehead atoms. The molecular formula is C36H51N3O7. The standard InChI is InChI=1S/C36H51N3O7/c1-4-7-8-12-22-45-34(43)30-29-32(41)39(28(26-40)25-27-13-10-9-11-14-27)31(36(29)16-15-35(30,6-3)46-36)33(42)38(17-5-2)19-18-37-20-23-44-24-21-37/h4-5,9-11,13-14,28-31,40H,1-2,6-8,12,15-26H2,3H3/t28-,29+,30+,31?,35-,36?/m1/s1. The zero-order chi connectivity index (χ0) is 32.7. The van der Waals surface area contributed by atoms with Gasteiger partial charge in [0.2, 0.25) is 11.8 Å². The van der Waals surface area contributed by atoms with E-state index in [1.807, 2.05) is 43.3 Å². The number of aliphatic hydroxyl groups excluding tert-OH is 1. The number of hydrogen-bond acceptors (Lipinski definition) is 8. The number of hydrogen-bond donors (Lipinski definition) is 1. The Kier molecular flexibility index (Phi) is 11.4. The summed E-state index contributed by atoms with van der Waals surface area (Å²) < 4.78 is 18.3. The maximum Gasteiger partial charge on any atom is 0.312 e. The molecular weight excluding hydrogens is 586 g/mol. The fourth-order valence-corrected chi connectivity index (χ4v) is 8.18. The monoisotopic (exact) mass is 637 g/mol. The van der Waals surface area contributed by atoms with Crippen molar-refractivity contribution in [3.8, 4) is 0 Å². The van der Waals surface area contributed by atoms with Crippen molar-refractivity contribution < 1.29 is 33.7 Å². The maximum atomic E-state index is 14.9. The molecule has 4 aliphatic rings. The van der Waals surface area contributed by atoms with Crippen LogP contribution in [0.2, 0.25) is 0 Å². The van der Waals surface area contributed by atoms with E-state index in [-0.39, 0.29) is 25.0 Å². The van der Waals surface area contributed by atoms with Crippen LogP contribution in [0.5, 0.6) is 0 Å². The van der Waals surface area contributed by atoms with Gasteiger partial charge in [-0.2, -0.15) is 0 Å². The van der Waals surface area contributed by atoms with Crippen LogP contribution in [-0.4, -0.2) is 120 Å². The second-order valence-corrected chi connectivity index (χ2v) is 13.1. The molecule has 0 aliphatic carbocycles. The van der Waals surface area contributed by atoms with E-state index in [9.17, 15) is 19.5 Å². The minimum atomic E-state index is -1.20. The molecule has 0 saturated carbocycles. The Balaban J connectivity index is 1.49. The number of aliphatic hydroxyl groups is 1. The average Bonchev–Trinajstić information content (AvgIpc) is 3.69. The van der Waals surface area contributed by atoms with Gasteiger partial charge in [0.15, 0.2) is 0 Å². The van der Waals surface area contributed by atoms with Gasteiger partial charge in [0, 0.05) is 32.7 Å². The van der Waals surface area contributed by atoms with Gasteiger partial charge >= 0.3 is 5.97 Å². The first-order chi connectivity index (χ1) is 22.4. The quantitative estimate of drug-likeness (QED) is 0.158. The molecule has 10 nitrogen and oxygen atoms in total. The van der Waals surface area contributed by atoms with Gasteiger partial charge in [0.25, 0.3) is 0 Å². The summed E-state index contributed by atoms with van der Waals surface area (Å²) in [6.45, 7) is 13.9. The summed E-state index contributed by atoms with van der Waals surface area (Å²) in [6.07, 6.45) is 7.85. The first kappa shape index (κ1) is 34.3. The number of ether oxygens (including phenoxy) is 3. The third-order valence-electron chi connectivity index (χ3n) is 10.5. The van der Waals surface area contributed by atoms with Gasteiger partial charge in [-0.3, -0.25) is 19.3 Å². The topological polar surface area (TPSA) is 109 Å². The molecule has 252 valence electrons. The zero-order valence-corrected chi connectivity index (χ0v) is 27.3. The minimum absolute atomic E-state index is 0.235. The Morgan fingerprint density at radius 2 is 1.91 bits per heavy atom. The Hall–Kier alpha value is -3.05. The third kappa shape index (κ3) is 6.54. The fourth-order valence-electron chi connectivity index (χ4n) is 8.18. The number of carbonyl (C=O) groups excluding carboxylic acids is 3. The van der Waals surface area contributed by atoms with E-state index >= 15 is 0 Å². The third-order valence-corrected chi connectivity index (χ3v) is 10.5. The molecule has 4 heterocycles. The summed E-state index contributed by atoms with van der Waals surface area (Å²) in [5.41, 5.74) is -1.14. The van der Waals surface area contributed by atoms with Crippen molar-refractivity contribution in [2.24, 2.45) is 11.8 Å². The molecule has 5 rings (SSSR count). The highest BCUT2D eigenvalue weighted by Crippen LogP contribution is 2.65. The van der Waals surface area contributed by atoms with Crippen LogP contribution in [0.15, 0.2) is 55.6 Å². The van der Waals surface area contributed by atoms with E-state index in [2.05, 4.69) is 18.1 Å². The Labute approximate surface area is 273 Å². The molecule has 1 aromatic rings. The number of fused-ring (bicyclic) bond motifs is 1. The van der Waals surface area contributed by atoms with Crippen molar-refractivity contribution in [1.82, 2.24) is 14.7 Å². The molecule has 6 atom stereocenters. The number of esters is 1. The van der Waals surface area contributed by atoms with Crippen molar-refractivity contribution in [3.63, 3.8) is 0 Å². The Morgan fingerprint density at radius 3 is 2.59 bits per heavy atom. The van der Waals surface area contributed by atoms with Gasteiger partial charge in [-0.05, 0) is 50.5 Å². The number of unbranched alkanes of at least 4 members (excludes halogenated alkanes) is 2. The number of allylic oxidation sites excluding steroid dienone is 1. The number of nitrogens with zero attached hydrogens (tertiary/aromatic N) is 3. The lowest BCUT2D eigenvalue weighted by Gasteiger charge is -2.40. The number of amides is 2. The lowest BCUT2D eigenvalue weighted by atomic mass is 9.65. The smallest absolute Gasteiger partial charge is 0.312 e. The minimum Gasteiger partial charge on any atom is -0.465 e. The molecule has 46 heavy (non-hydrogen) atoms. The van der Waals surface area contributed by atoms with Crippen LogP contribution in [0, 0.1) is 11.8 Å². The van der Waals surface area contributed by atoms with Crippen LogP contribution in [0.1, 0.15) is 51.0 Å². The number of morpholine rings is 1. The van der Waals surface area contributed by atoms with E-state index in [1.54, 1.807) is 15.9 Å². The molecule has 1 aromatic carbocycles. The second kappa shape index (κ2) is 15.2. The molecule has 0 radical (unpaired) electrons. The highest BCUT2D eigenvalue weighted by Gasteiger charge is 2.79. The summed E-state index contributed by atoms with van der Waals surface area (Å²) in [6, 6.07) is 7.98. The van der Waals surface area contributed by atoms with Crippen molar-refractivity contribution >= 4 is 17.8 Å². The lowest BCUT2D eigenvalue weighted by molar-refractivity contribution is -0.163. The molecule has 0 aromatic heterocycles. The Bertz CT molecular complexity index is 1240. The van der Waals surface area contributed by atoms with Gasteiger partial charge in [0.1, 0.15) is 17.6 Å². The molecule has 1 spiro atoms. The van der Waals surface area contributed by atoms with Crippen LogP contribution in [-0.2, 0) is 35.0 Å². The molecule has 2 amide bonds. The molecule has 4 saturated heterocycles. The maximum absolute atomic E-state index is 14.9. The van der Waals surface area contributed by atoms with Gasteiger partial charge < -0.3 is 29.1 Å². The number of rotatable bonds is 17. The van der Waals surface area contributed by atoms with E-state index in [0.29, 0.717) is 65.0 Å². The number of likely N-dealkylation sites (tertiary alicyclic amines) is 1. The van der Waals surface area contributed by atoms with E-state index in [0.717, 1.165) is 31.5 Å². The summed E-state index contributed by atoms with van der Waals surface area (Å²) >= 11 is 0. The van der Waals surface area contributed by atoms with Crippen LogP contribution >= 0.6 is 0 Å². The number of carbonyl (C=O) groups is 3. The fraction of sp³-hybridized carbons (Fsp3) is 0.639. The van der Waals surface area contributed by atoms with Gasteiger partial charge in [-0.15, -0.1) is 13.2 Å². The first-order valence-corrected chi connectivity index (χ1v) is 17.0. The molecule has 1 N–H and O–H groups in total. The summed E-state index contributed by atoms with van der Waals surface area (Å²) in [7, 11) is 0. The van der Waals surface area contributed by atoms with Crippen LogP contribution in [0.25, 0.3) is 0 Å². The van der Waals surface area contributed by atoms with Crippen molar-refractivity contribution in [1.29, 1.82) is 0 Å². The molecule has 10 heteroatoms. The largest absolute Gasteiger partial charge is 0.465 e. The average molecular weight is 638 g/mol. The second-order valence-electron chi connectivity index (χ2n) is 13.1. The van der Waals surface area contributed by atoms with Crippen molar-refractivity contribution in [2.45, 2.75) is 75.2 Å². The summed E-state index contributed by atoms with van der Waals surface area (Å²) in [4.78, 5) is 49.1. The zero-order valence-electron chi connectivity index (χ0n) is 27.3. The number of benzene rings is 1. The van der Waals surface area contributed by atoms with Crippen LogP contribution in [0.3, 0.4) is 0 Å². The van der Waals surface area contributed by atoms with Gasteiger partial charge in [-0.25, -0.2) is 0 Å². The molecule has 2 unspecified atom stereocenters. The normalized spacial score (nSPS) is 29.4. The Morgan fingerprint density at radius 1 is 1.15 bits per heavy atom. The SMILES string of the molecule is C=CCCCCOC(=O)[C@@H]1[C@H]2C(=O)N([C@@H](CO)Cc3ccccc3)C(C(=O)N(CC=C)CCN3CCOCC3)C23CC[C@@]1(CC)O3. The highest BCUT2D eigenvalue weighted by atomic mass is 16.6. The van der Waals surface area contributed by atoms with Crippen molar-refractivity contribution in [3.05, 3.63) is 61.2 Å². The highest BCUT2D eigenvalue weighted by molar-refractivity contribution is 5.98.